The van der Waals surface area contributed by atoms with Crippen LogP contribution in [-0.2, 0) is 0 Å². The number of alkyl halides is 3. The van der Waals surface area contributed by atoms with E-state index in [1.165, 1.54) is 0 Å². The van der Waals surface area contributed by atoms with Gasteiger partial charge in [-0.2, -0.15) is 18.2 Å². The van der Waals surface area contributed by atoms with Gasteiger partial charge in [0.1, 0.15) is 6.54 Å². The number of carbonyl (C=O) groups is 1. The van der Waals surface area contributed by atoms with Crippen LogP contribution in [0, 0.1) is 0 Å². The molecule has 1 aromatic heterocycles. The third-order valence-corrected chi connectivity index (χ3v) is 2.30. The lowest BCUT2D eigenvalue weighted by Crippen LogP contribution is -2.41. The van der Waals surface area contributed by atoms with Gasteiger partial charge in [0, 0.05) is 6.04 Å². The number of nitrogens with two attached hydrogens (primary N) is 1. The molecule has 0 saturated heterocycles. The van der Waals surface area contributed by atoms with Crippen molar-refractivity contribution >= 4 is 11.9 Å². The van der Waals surface area contributed by atoms with Gasteiger partial charge in [-0.1, -0.05) is 0 Å². The molecule has 2 rings (SSSR count). The Morgan fingerprint density at radius 1 is 1.53 bits per heavy atom. The summed E-state index contributed by atoms with van der Waals surface area (Å²) in [6, 6.07) is -0.365. The Labute approximate surface area is 94.0 Å². The van der Waals surface area contributed by atoms with Gasteiger partial charge in [-0.05, 0) is 12.8 Å². The number of rotatable bonds is 3. The Hall–Kier alpha value is -1.80. The molecule has 1 aliphatic rings. The summed E-state index contributed by atoms with van der Waals surface area (Å²) >= 11 is 0. The molecule has 1 saturated carbocycles. The van der Waals surface area contributed by atoms with E-state index in [1.807, 2.05) is 0 Å². The highest BCUT2D eigenvalue weighted by atomic mass is 19.4. The third kappa shape index (κ3) is 2.86. The normalized spacial score (nSPS) is 15.9. The van der Waals surface area contributed by atoms with Crippen molar-refractivity contribution < 1.29 is 18.0 Å². The van der Waals surface area contributed by atoms with Gasteiger partial charge >= 0.3 is 6.18 Å². The van der Waals surface area contributed by atoms with Crippen molar-refractivity contribution in [2.75, 3.05) is 12.3 Å². The second-order valence-corrected chi connectivity index (χ2v) is 3.82. The first kappa shape index (κ1) is 11.7. The van der Waals surface area contributed by atoms with Crippen LogP contribution in [0.15, 0.2) is 0 Å². The predicted octanol–water partition coefficient (Wildman–Crippen LogP) is 0.554. The summed E-state index contributed by atoms with van der Waals surface area (Å²) in [7, 11) is 0. The number of halogens is 3. The molecule has 0 bridgehead atoms. The fraction of sp³-hybridized carbons (Fsp3) is 0.625. The lowest BCUT2D eigenvalue weighted by molar-refractivity contribution is -0.141. The summed E-state index contributed by atoms with van der Waals surface area (Å²) in [4.78, 5) is 16.0. The van der Waals surface area contributed by atoms with E-state index in [4.69, 9.17) is 5.73 Å². The summed E-state index contributed by atoms with van der Waals surface area (Å²) in [5, 5.41) is 5.62. The van der Waals surface area contributed by atoms with Gasteiger partial charge in [-0.3, -0.25) is 9.89 Å². The maximum absolute atomic E-state index is 12.3. The molecule has 0 aliphatic heterocycles. The Kier molecular flexibility index (Phi) is 2.68. The number of aromatic amines is 1. The van der Waals surface area contributed by atoms with E-state index in [0.29, 0.717) is 12.8 Å². The number of carbonyl (C=O) groups excluding carboxylic acids is 1. The zero-order valence-corrected chi connectivity index (χ0v) is 8.66. The van der Waals surface area contributed by atoms with Crippen molar-refractivity contribution in [3.8, 4) is 0 Å². The predicted molar refractivity (Wildman–Crippen MR) is 50.9 cm³/mol. The minimum atomic E-state index is -4.43. The van der Waals surface area contributed by atoms with Gasteiger partial charge in [0.2, 0.25) is 11.8 Å². The molecule has 9 heteroatoms. The number of nitrogen functional groups attached to an aromatic ring is 1. The summed E-state index contributed by atoms with van der Waals surface area (Å²) in [5.41, 5.74) is 5.19. The van der Waals surface area contributed by atoms with E-state index in [9.17, 15) is 18.0 Å². The van der Waals surface area contributed by atoms with E-state index in [-0.39, 0.29) is 17.8 Å². The number of hydrogen-bond acceptors (Lipinski definition) is 4. The van der Waals surface area contributed by atoms with E-state index in [1.54, 1.807) is 0 Å². The lowest BCUT2D eigenvalue weighted by Gasteiger charge is -2.22. The molecule has 0 atom stereocenters. The molecule has 17 heavy (non-hydrogen) atoms. The van der Waals surface area contributed by atoms with Crippen LogP contribution >= 0.6 is 0 Å². The van der Waals surface area contributed by atoms with Gasteiger partial charge in [0.15, 0.2) is 0 Å². The molecule has 1 heterocycles. The number of nitrogens with zero attached hydrogens (tertiary/aromatic N) is 3. The van der Waals surface area contributed by atoms with Crippen molar-refractivity contribution in [2.24, 2.45) is 0 Å². The maximum Gasteiger partial charge on any atom is 0.406 e. The summed E-state index contributed by atoms with van der Waals surface area (Å²) < 4.78 is 36.9. The molecule has 3 N–H and O–H groups in total. The van der Waals surface area contributed by atoms with E-state index in [0.717, 1.165) is 4.90 Å². The average molecular weight is 249 g/mol. The Morgan fingerprint density at radius 3 is 2.59 bits per heavy atom. The smallest absolute Gasteiger partial charge is 0.366 e. The molecule has 0 unspecified atom stereocenters. The third-order valence-electron chi connectivity index (χ3n) is 2.30. The van der Waals surface area contributed by atoms with Crippen LogP contribution in [0.1, 0.15) is 23.5 Å². The van der Waals surface area contributed by atoms with Crippen LogP contribution in [-0.4, -0.2) is 44.8 Å². The zero-order valence-electron chi connectivity index (χ0n) is 8.66. The number of anilines is 1. The highest BCUT2D eigenvalue weighted by molar-refractivity contribution is 5.91. The molecule has 1 aromatic rings. The van der Waals surface area contributed by atoms with E-state index < -0.39 is 18.6 Å². The van der Waals surface area contributed by atoms with Crippen LogP contribution in [0.3, 0.4) is 0 Å². The van der Waals surface area contributed by atoms with Gasteiger partial charge in [-0.25, -0.2) is 0 Å². The van der Waals surface area contributed by atoms with Crippen molar-refractivity contribution in [2.45, 2.75) is 25.1 Å². The first-order valence-electron chi connectivity index (χ1n) is 4.92. The monoisotopic (exact) mass is 249 g/mol. The summed E-state index contributed by atoms with van der Waals surface area (Å²) in [5.74, 6) is -1.26. The topological polar surface area (TPSA) is 87.9 Å². The first-order chi connectivity index (χ1) is 7.87. The highest BCUT2D eigenvalue weighted by Gasteiger charge is 2.41. The molecule has 0 spiro atoms. The first-order valence-corrected chi connectivity index (χ1v) is 4.92. The number of aromatic nitrogens is 3. The summed E-state index contributed by atoms with van der Waals surface area (Å²) in [6.07, 6.45) is -3.28. The Balaban J connectivity index is 2.13. The fourth-order valence-corrected chi connectivity index (χ4v) is 1.45. The molecule has 94 valence electrons. The zero-order chi connectivity index (χ0) is 12.6. The molecule has 6 nitrogen and oxygen atoms in total. The van der Waals surface area contributed by atoms with Crippen LogP contribution in [0.5, 0.6) is 0 Å². The molecular weight excluding hydrogens is 239 g/mol. The standard InChI is InChI=1S/C8H10F3N5O/c9-8(10,11)3-16(4-1-2-4)6(17)5-13-7(12)15-14-5/h4H,1-3H2,(H3,12,13,14,15). The van der Waals surface area contributed by atoms with Crippen molar-refractivity contribution in [3.63, 3.8) is 0 Å². The van der Waals surface area contributed by atoms with Crippen LogP contribution < -0.4 is 5.73 Å². The van der Waals surface area contributed by atoms with Gasteiger partial charge < -0.3 is 10.6 Å². The largest absolute Gasteiger partial charge is 0.406 e. The second kappa shape index (κ2) is 3.90. The Morgan fingerprint density at radius 2 is 2.18 bits per heavy atom. The van der Waals surface area contributed by atoms with E-state index in [2.05, 4.69) is 15.2 Å². The van der Waals surface area contributed by atoms with E-state index >= 15 is 0 Å². The average Bonchev–Trinajstić information content (AvgIpc) is 2.96. The maximum atomic E-state index is 12.3. The second-order valence-electron chi connectivity index (χ2n) is 3.82. The number of H-pyrrole nitrogens is 1. The highest BCUT2D eigenvalue weighted by Crippen LogP contribution is 2.30. The summed E-state index contributed by atoms with van der Waals surface area (Å²) in [6.45, 7) is -1.28. The van der Waals surface area contributed by atoms with Crippen molar-refractivity contribution in [1.82, 2.24) is 20.1 Å². The molecule has 0 radical (unpaired) electrons. The quantitative estimate of drug-likeness (QED) is 0.819. The molecular formula is C8H10F3N5O. The molecule has 0 aromatic carbocycles. The fourth-order valence-electron chi connectivity index (χ4n) is 1.45. The lowest BCUT2D eigenvalue weighted by atomic mass is 10.4. The van der Waals surface area contributed by atoms with Crippen molar-refractivity contribution in [3.05, 3.63) is 5.82 Å². The van der Waals surface area contributed by atoms with Gasteiger partial charge in [0.25, 0.3) is 5.91 Å². The number of amides is 1. The van der Waals surface area contributed by atoms with Crippen molar-refractivity contribution in [1.29, 1.82) is 0 Å². The minimum Gasteiger partial charge on any atom is -0.366 e. The molecule has 1 fully saturated rings. The number of hydrogen-bond donors (Lipinski definition) is 2. The minimum absolute atomic E-state index is 0.170. The SMILES string of the molecule is Nc1n[nH]c(C(=O)N(CC(F)(F)F)C2CC2)n1. The molecule has 1 amide bonds. The van der Waals surface area contributed by atoms with Crippen LogP contribution in [0.25, 0.3) is 0 Å². The van der Waals surface area contributed by atoms with Gasteiger partial charge in [-0.15, -0.1) is 5.10 Å². The number of nitrogens with one attached hydrogen (secondary N) is 1. The van der Waals surface area contributed by atoms with Crippen LogP contribution in [0.2, 0.25) is 0 Å². The molecule has 1 aliphatic carbocycles. The van der Waals surface area contributed by atoms with Gasteiger partial charge in [0.05, 0.1) is 0 Å². The Bertz CT molecular complexity index is 425. The van der Waals surface area contributed by atoms with Crippen LogP contribution in [0.4, 0.5) is 19.1 Å².